The SMILES string of the molecule is C[C@]1(C#N)CCCN(C(=O)CNS(C)(=O)=O)C1. The zero-order valence-corrected chi connectivity index (χ0v) is 10.9. The normalized spacial score (nSPS) is 25.4. The van der Waals surface area contributed by atoms with Crippen LogP contribution in [0.4, 0.5) is 0 Å². The zero-order chi connectivity index (χ0) is 13.1. The predicted octanol–water partition coefficient (Wildman–Crippen LogP) is -0.312. The summed E-state index contributed by atoms with van der Waals surface area (Å²) in [5.41, 5.74) is -0.515. The van der Waals surface area contributed by atoms with Crippen LogP contribution in [-0.4, -0.2) is 45.1 Å². The van der Waals surface area contributed by atoms with Crippen LogP contribution >= 0.6 is 0 Å². The van der Waals surface area contributed by atoms with Crippen molar-refractivity contribution >= 4 is 15.9 Å². The van der Waals surface area contributed by atoms with Crippen molar-refractivity contribution in [3.8, 4) is 6.07 Å². The maximum absolute atomic E-state index is 11.7. The molecule has 0 saturated carbocycles. The van der Waals surface area contributed by atoms with E-state index in [1.54, 1.807) is 4.90 Å². The van der Waals surface area contributed by atoms with E-state index in [0.717, 1.165) is 19.1 Å². The van der Waals surface area contributed by atoms with Crippen molar-refractivity contribution in [2.24, 2.45) is 5.41 Å². The minimum absolute atomic E-state index is 0.236. The molecule has 0 aromatic rings. The molecule has 1 amide bonds. The molecule has 0 aromatic carbocycles. The molecule has 6 nitrogen and oxygen atoms in total. The molecule has 0 aromatic heterocycles. The van der Waals surface area contributed by atoms with Gasteiger partial charge < -0.3 is 4.90 Å². The minimum atomic E-state index is -3.35. The van der Waals surface area contributed by atoms with Gasteiger partial charge in [0.15, 0.2) is 0 Å². The van der Waals surface area contributed by atoms with Crippen LogP contribution in [0.1, 0.15) is 19.8 Å². The van der Waals surface area contributed by atoms with Gasteiger partial charge in [-0.3, -0.25) is 4.79 Å². The molecule has 1 fully saturated rings. The maximum Gasteiger partial charge on any atom is 0.237 e. The molecule has 1 rings (SSSR count). The van der Waals surface area contributed by atoms with Gasteiger partial charge in [-0.05, 0) is 19.8 Å². The molecule has 7 heteroatoms. The van der Waals surface area contributed by atoms with Gasteiger partial charge in [0.25, 0.3) is 0 Å². The first kappa shape index (κ1) is 13.9. The smallest absolute Gasteiger partial charge is 0.237 e. The summed E-state index contributed by atoms with van der Waals surface area (Å²) in [5, 5.41) is 9.01. The lowest BCUT2D eigenvalue weighted by Crippen LogP contribution is -2.47. The molecule has 1 N–H and O–H groups in total. The Morgan fingerprint density at radius 2 is 2.24 bits per heavy atom. The molecule has 1 heterocycles. The Morgan fingerprint density at radius 3 is 2.76 bits per heavy atom. The number of rotatable bonds is 3. The number of sulfonamides is 1. The molecule has 1 aliphatic rings. The van der Waals surface area contributed by atoms with Crippen LogP contribution in [0.25, 0.3) is 0 Å². The first-order chi connectivity index (χ1) is 7.76. The molecule has 0 bridgehead atoms. The van der Waals surface area contributed by atoms with E-state index in [1.165, 1.54) is 0 Å². The summed E-state index contributed by atoms with van der Waals surface area (Å²) in [6, 6.07) is 2.20. The lowest BCUT2D eigenvalue weighted by Gasteiger charge is -2.35. The van der Waals surface area contributed by atoms with E-state index in [0.29, 0.717) is 13.1 Å². The van der Waals surface area contributed by atoms with E-state index in [-0.39, 0.29) is 12.5 Å². The highest BCUT2D eigenvalue weighted by atomic mass is 32.2. The third-order valence-electron chi connectivity index (χ3n) is 2.80. The molecule has 1 atom stereocenters. The zero-order valence-electron chi connectivity index (χ0n) is 10.1. The highest BCUT2D eigenvalue weighted by Crippen LogP contribution is 2.28. The molecule has 0 radical (unpaired) electrons. The molecule has 0 spiro atoms. The van der Waals surface area contributed by atoms with Crippen LogP contribution in [0.3, 0.4) is 0 Å². The van der Waals surface area contributed by atoms with E-state index in [1.807, 2.05) is 6.92 Å². The summed E-state index contributed by atoms with van der Waals surface area (Å²) in [7, 11) is -3.35. The van der Waals surface area contributed by atoms with E-state index in [2.05, 4.69) is 10.8 Å². The Labute approximate surface area is 102 Å². The highest BCUT2D eigenvalue weighted by molar-refractivity contribution is 7.88. The fourth-order valence-corrected chi connectivity index (χ4v) is 2.23. The van der Waals surface area contributed by atoms with Crippen molar-refractivity contribution in [1.29, 1.82) is 5.26 Å². The lowest BCUT2D eigenvalue weighted by atomic mass is 9.83. The lowest BCUT2D eigenvalue weighted by molar-refractivity contribution is -0.132. The first-order valence-electron chi connectivity index (χ1n) is 5.39. The van der Waals surface area contributed by atoms with Crippen LogP contribution in [-0.2, 0) is 14.8 Å². The molecule has 1 saturated heterocycles. The molecule has 0 aliphatic carbocycles. The summed E-state index contributed by atoms with van der Waals surface area (Å²) >= 11 is 0. The van der Waals surface area contributed by atoms with Crippen LogP contribution in [0, 0.1) is 16.7 Å². The Kier molecular flexibility index (Phi) is 4.11. The third-order valence-corrected chi connectivity index (χ3v) is 3.47. The summed E-state index contributed by atoms with van der Waals surface area (Å²) in [5.74, 6) is -0.281. The Hall–Kier alpha value is -1.13. The van der Waals surface area contributed by atoms with E-state index < -0.39 is 15.4 Å². The fraction of sp³-hybridized carbons (Fsp3) is 0.800. The second-order valence-corrected chi connectivity index (χ2v) is 6.52. The van der Waals surface area contributed by atoms with Gasteiger partial charge in [0, 0.05) is 13.1 Å². The monoisotopic (exact) mass is 259 g/mol. The van der Waals surface area contributed by atoms with Crippen LogP contribution < -0.4 is 4.72 Å². The van der Waals surface area contributed by atoms with Crippen molar-refractivity contribution in [1.82, 2.24) is 9.62 Å². The van der Waals surface area contributed by atoms with Crippen molar-refractivity contribution in [2.75, 3.05) is 25.9 Å². The van der Waals surface area contributed by atoms with Gasteiger partial charge in [0.1, 0.15) is 0 Å². The number of carbonyl (C=O) groups is 1. The standard InChI is InChI=1S/C10H17N3O3S/c1-10(7-11)4-3-5-13(8-10)9(14)6-12-17(2,15)16/h12H,3-6,8H2,1-2H3/t10-/m1/s1. The third kappa shape index (κ3) is 4.32. The number of amides is 1. The number of nitrogens with one attached hydrogen (secondary N) is 1. The number of carbonyl (C=O) groups excluding carboxylic acids is 1. The van der Waals surface area contributed by atoms with Crippen molar-refractivity contribution in [3.05, 3.63) is 0 Å². The number of piperidine rings is 1. The van der Waals surface area contributed by atoms with Crippen LogP contribution in [0.15, 0.2) is 0 Å². The van der Waals surface area contributed by atoms with Crippen molar-refractivity contribution < 1.29 is 13.2 Å². The van der Waals surface area contributed by atoms with Gasteiger partial charge >= 0.3 is 0 Å². The average Bonchev–Trinajstić information content (AvgIpc) is 2.25. The maximum atomic E-state index is 11.7. The molecular weight excluding hydrogens is 242 g/mol. The number of nitrogens with zero attached hydrogens (tertiary/aromatic N) is 2. The second kappa shape index (κ2) is 5.02. The molecular formula is C10H17N3O3S. The van der Waals surface area contributed by atoms with Crippen LogP contribution in [0.5, 0.6) is 0 Å². The number of hydrogen-bond donors (Lipinski definition) is 1. The summed E-state index contributed by atoms with van der Waals surface area (Å²) in [6.45, 7) is 2.53. The molecule has 1 aliphatic heterocycles. The van der Waals surface area contributed by atoms with Gasteiger partial charge in [-0.15, -0.1) is 0 Å². The average molecular weight is 259 g/mol. The van der Waals surface area contributed by atoms with Gasteiger partial charge in [-0.2, -0.15) is 5.26 Å². The van der Waals surface area contributed by atoms with Crippen LogP contribution in [0.2, 0.25) is 0 Å². The van der Waals surface area contributed by atoms with E-state index in [9.17, 15) is 13.2 Å². The topological polar surface area (TPSA) is 90.3 Å². The molecule has 96 valence electrons. The molecule has 0 unspecified atom stereocenters. The second-order valence-electron chi connectivity index (χ2n) is 4.68. The van der Waals surface area contributed by atoms with Crippen molar-refractivity contribution in [2.45, 2.75) is 19.8 Å². The van der Waals surface area contributed by atoms with Gasteiger partial charge in [0.2, 0.25) is 15.9 Å². The van der Waals surface area contributed by atoms with Gasteiger partial charge in [-0.25, -0.2) is 13.1 Å². The summed E-state index contributed by atoms with van der Waals surface area (Å²) < 4.78 is 23.9. The Morgan fingerprint density at radius 1 is 1.59 bits per heavy atom. The van der Waals surface area contributed by atoms with Gasteiger partial charge in [0.05, 0.1) is 24.3 Å². The molecule has 17 heavy (non-hydrogen) atoms. The number of likely N-dealkylation sites (tertiary alicyclic amines) is 1. The Bertz CT molecular complexity index is 440. The number of nitriles is 1. The quantitative estimate of drug-likeness (QED) is 0.752. The Balaban J connectivity index is 2.56. The fourth-order valence-electron chi connectivity index (χ4n) is 1.85. The highest BCUT2D eigenvalue weighted by Gasteiger charge is 2.33. The predicted molar refractivity (Wildman–Crippen MR) is 62.4 cm³/mol. The summed E-state index contributed by atoms with van der Waals surface area (Å²) in [6.07, 6.45) is 2.55. The van der Waals surface area contributed by atoms with Crippen molar-refractivity contribution in [3.63, 3.8) is 0 Å². The first-order valence-corrected chi connectivity index (χ1v) is 7.29. The largest absolute Gasteiger partial charge is 0.340 e. The van der Waals surface area contributed by atoms with E-state index >= 15 is 0 Å². The minimum Gasteiger partial charge on any atom is -0.340 e. The summed E-state index contributed by atoms with van der Waals surface area (Å²) in [4.78, 5) is 13.3. The van der Waals surface area contributed by atoms with E-state index in [4.69, 9.17) is 5.26 Å². The van der Waals surface area contributed by atoms with Gasteiger partial charge in [-0.1, -0.05) is 0 Å². The number of hydrogen-bond acceptors (Lipinski definition) is 4.